The summed E-state index contributed by atoms with van der Waals surface area (Å²) in [4.78, 5) is 95.2. The van der Waals surface area contributed by atoms with Gasteiger partial charge in [-0.3, -0.25) is 37.4 Å². The first kappa shape index (κ1) is 51.4. The number of oxime groups is 2. The van der Waals surface area contributed by atoms with Gasteiger partial charge < -0.3 is 51.1 Å². The molecule has 0 saturated carbocycles. The van der Waals surface area contributed by atoms with Crippen LogP contribution in [0.3, 0.4) is 0 Å². The van der Waals surface area contributed by atoms with Crippen molar-refractivity contribution in [3.05, 3.63) is 106 Å². The van der Waals surface area contributed by atoms with E-state index in [-0.39, 0.29) is 44.5 Å². The van der Waals surface area contributed by atoms with Gasteiger partial charge in [0, 0.05) is 68.1 Å². The number of thioether (sulfide) groups is 2. The summed E-state index contributed by atoms with van der Waals surface area (Å²) < 4.78 is 37.8. The molecule has 4 aliphatic rings. The number of aromatic nitrogens is 4. The fraction of sp³-hybridized carbons (Fsp3) is 0.263. The Kier molecular flexibility index (Phi) is 16.7. The number of aliphatic carboxylic acids is 2. The summed E-state index contributed by atoms with van der Waals surface area (Å²) in [6.07, 6.45) is 7.30. The van der Waals surface area contributed by atoms with E-state index in [1.165, 1.54) is 47.5 Å². The number of nitrogen functional groups attached to an aromatic ring is 2. The van der Waals surface area contributed by atoms with Gasteiger partial charge in [0.05, 0.1) is 0 Å². The number of β-lactam (4-membered cyclic amide) rings is 2. The minimum absolute atomic E-state index is 0.0429. The van der Waals surface area contributed by atoms with Gasteiger partial charge in [-0.1, -0.05) is 22.4 Å². The predicted octanol–water partition coefficient (Wildman–Crippen LogP) is -1.73. The molecule has 69 heavy (non-hydrogen) atoms. The molecule has 26 nitrogen and oxygen atoms in total. The number of rotatable bonds is 14. The first-order chi connectivity index (χ1) is 32.8. The number of amides is 4. The Morgan fingerprint density at radius 1 is 0.725 bits per heavy atom. The Hall–Kier alpha value is -7.03. The van der Waals surface area contributed by atoms with Crippen LogP contribution in [0, 0.1) is 0 Å². The number of thiazole rings is 2. The van der Waals surface area contributed by atoms with Gasteiger partial charge in [-0.15, -0.1) is 46.2 Å². The van der Waals surface area contributed by atoms with Crippen molar-refractivity contribution in [1.29, 1.82) is 0 Å². The van der Waals surface area contributed by atoms with E-state index < -0.39 is 68.8 Å². The third-order valence-corrected chi connectivity index (χ3v) is 13.7. The number of nitrogens with one attached hydrogen (secondary N) is 2. The zero-order chi connectivity index (χ0) is 50.2. The third kappa shape index (κ3) is 12.4. The van der Waals surface area contributed by atoms with Crippen LogP contribution < -0.4 is 31.2 Å². The van der Waals surface area contributed by atoms with Crippen molar-refractivity contribution in [2.24, 2.45) is 10.3 Å². The van der Waals surface area contributed by atoms with Crippen LogP contribution in [0.5, 0.6) is 0 Å². The van der Waals surface area contributed by atoms with E-state index in [1.54, 1.807) is 10.8 Å². The van der Waals surface area contributed by atoms with Crippen molar-refractivity contribution in [2.45, 2.75) is 35.9 Å². The lowest BCUT2D eigenvalue weighted by molar-refractivity contribution is -0.689. The highest BCUT2D eigenvalue weighted by molar-refractivity contribution is 8.00. The van der Waals surface area contributed by atoms with E-state index in [9.17, 15) is 39.0 Å². The number of carbonyl (C=O) groups excluding carboxylic acids is 4. The van der Waals surface area contributed by atoms with Gasteiger partial charge in [-0.05, 0) is 0 Å². The SMILES string of the molecule is CO/N=C(\C(=O)NC1C(=O)N2C(C(=O)O)=C(C[n+]3ccccc3)CS[C@H]12)c1csc(N)n1.CO/N=C(\C(=O)NC1C(=O)N2C(C(=O)O)=C(C[n+]3ccccc3)CS[C@H]12)c1csc(N)n1.O=S(=O)([O-])[O-]. The topological polar surface area (TPSA) is 382 Å². The summed E-state index contributed by atoms with van der Waals surface area (Å²) in [5.41, 5.74) is 12.6. The molecule has 0 radical (unpaired) electrons. The van der Waals surface area contributed by atoms with Crippen LogP contribution in [-0.4, -0.2) is 143 Å². The Morgan fingerprint density at radius 2 is 1.07 bits per heavy atom. The molecule has 0 aromatic carbocycles. The molecule has 0 spiro atoms. The average Bonchev–Trinajstić information content (AvgIpc) is 3.95. The fourth-order valence-electron chi connectivity index (χ4n) is 6.93. The van der Waals surface area contributed by atoms with E-state index in [1.807, 2.05) is 70.3 Å². The maximum absolute atomic E-state index is 12.9. The Labute approximate surface area is 406 Å². The highest BCUT2D eigenvalue weighted by Crippen LogP contribution is 2.41. The molecule has 0 aliphatic carbocycles. The number of fused-ring (bicyclic) bond motifs is 2. The molecule has 8 rings (SSSR count). The lowest BCUT2D eigenvalue weighted by Gasteiger charge is -2.49. The van der Waals surface area contributed by atoms with Crippen molar-refractivity contribution in [1.82, 2.24) is 30.4 Å². The maximum Gasteiger partial charge on any atom is 0.352 e. The average molecular weight is 1050 g/mol. The third-order valence-electron chi connectivity index (χ3n) is 9.70. The van der Waals surface area contributed by atoms with E-state index in [4.69, 9.17) is 38.7 Å². The molecule has 8 heterocycles. The van der Waals surface area contributed by atoms with Crippen molar-refractivity contribution in [2.75, 3.05) is 37.2 Å². The molecule has 31 heteroatoms. The molecular formula is C38H38N12O14S5. The number of nitrogens with two attached hydrogens (primary N) is 2. The quantitative estimate of drug-likeness (QED) is 0.0204. The van der Waals surface area contributed by atoms with E-state index in [2.05, 4.69) is 30.9 Å². The van der Waals surface area contributed by atoms with Gasteiger partial charge in [0.25, 0.3) is 23.6 Å². The molecule has 4 aromatic heterocycles. The van der Waals surface area contributed by atoms with Crippen molar-refractivity contribution in [3.8, 4) is 0 Å². The molecular weight excluding hydrogens is 1010 g/mol. The smallest absolute Gasteiger partial charge is 0.352 e. The zero-order valence-electron chi connectivity index (χ0n) is 35.6. The standard InChI is InChI=1S/2C19H18N6O5S2.H2O4S/c2*1-30-23-12(11-9-32-19(20)21-11)15(26)22-13-16(27)25-14(18(28)29)10(8-31-17(13)25)7-24-5-3-2-4-6-24;1-5(2,3)4/h2*2-6,9,13,17H,7-8H2,1H3,(H3-,20,21,22,26,28,29);(H2,1,2,3,4)/b2*23-12-;/t2*13?,17-;/m11./s1. The number of hydrogen-bond donors (Lipinski definition) is 6. The number of pyridine rings is 2. The predicted molar refractivity (Wildman–Crippen MR) is 243 cm³/mol. The number of anilines is 2. The second kappa shape index (κ2) is 22.4. The van der Waals surface area contributed by atoms with Crippen molar-refractivity contribution in [3.63, 3.8) is 0 Å². The lowest BCUT2D eigenvalue weighted by Crippen LogP contribution is -2.71. The molecule has 364 valence electrons. The van der Waals surface area contributed by atoms with Gasteiger partial charge in [-0.25, -0.2) is 28.7 Å². The maximum atomic E-state index is 12.9. The highest BCUT2D eigenvalue weighted by Gasteiger charge is 2.56. The first-order valence-corrected chi connectivity index (χ1v) is 24.6. The second-order valence-corrected chi connectivity index (χ2v) is 18.9. The summed E-state index contributed by atoms with van der Waals surface area (Å²) in [7, 11) is -2.60. The van der Waals surface area contributed by atoms with E-state index in [0.29, 0.717) is 35.7 Å². The molecule has 4 aliphatic heterocycles. The van der Waals surface area contributed by atoms with Crippen LogP contribution >= 0.6 is 46.2 Å². The Balaban J connectivity index is 0.000000207. The van der Waals surface area contributed by atoms with E-state index >= 15 is 0 Å². The molecule has 8 N–H and O–H groups in total. The number of carbonyl (C=O) groups is 6. The highest BCUT2D eigenvalue weighted by atomic mass is 32.3. The summed E-state index contributed by atoms with van der Waals surface area (Å²) in [5.74, 6) is -3.88. The van der Waals surface area contributed by atoms with Gasteiger partial charge in [0.1, 0.15) is 59.8 Å². The Bertz CT molecular complexity index is 2690. The first-order valence-electron chi connectivity index (χ1n) is 19.4. The lowest BCUT2D eigenvalue weighted by atomic mass is 10.0. The van der Waals surface area contributed by atoms with Gasteiger partial charge in [0.2, 0.25) is 0 Å². The fourth-order valence-corrected chi connectivity index (χ4v) is 10.7. The zero-order valence-corrected chi connectivity index (χ0v) is 39.7. The van der Waals surface area contributed by atoms with Crippen LogP contribution in [-0.2, 0) is 61.9 Å². The monoisotopic (exact) mass is 1050 g/mol. The molecule has 4 atom stereocenters. The minimum Gasteiger partial charge on any atom is -0.759 e. The van der Waals surface area contributed by atoms with Crippen molar-refractivity contribution >= 4 is 114 Å². The minimum atomic E-state index is -5.17. The van der Waals surface area contributed by atoms with Crippen LogP contribution in [0.15, 0.2) is 105 Å². The van der Waals surface area contributed by atoms with Gasteiger partial charge >= 0.3 is 11.9 Å². The van der Waals surface area contributed by atoms with Gasteiger partial charge in [-0.2, -0.15) is 0 Å². The second-order valence-electron chi connectivity index (χ2n) is 14.1. The molecule has 4 amide bonds. The summed E-state index contributed by atoms with van der Waals surface area (Å²) in [6, 6.07) is 9.30. The number of carboxylic acid groups (broad SMARTS) is 2. The molecule has 2 unspecified atom stereocenters. The molecule has 4 aromatic rings. The molecule has 0 bridgehead atoms. The van der Waals surface area contributed by atoms with Crippen LogP contribution in [0.4, 0.5) is 10.3 Å². The van der Waals surface area contributed by atoms with Crippen LogP contribution in [0.1, 0.15) is 11.4 Å². The summed E-state index contributed by atoms with van der Waals surface area (Å²) in [5, 5.41) is 34.8. The van der Waals surface area contributed by atoms with Crippen molar-refractivity contribution < 1.29 is 75.3 Å². The largest absolute Gasteiger partial charge is 0.759 e. The summed E-state index contributed by atoms with van der Waals surface area (Å²) in [6.45, 7) is 0.692. The number of carboxylic acids is 2. The van der Waals surface area contributed by atoms with Crippen LogP contribution in [0.2, 0.25) is 0 Å². The van der Waals surface area contributed by atoms with E-state index in [0.717, 1.165) is 22.7 Å². The molecule has 2 fully saturated rings. The Morgan fingerprint density at radius 3 is 1.36 bits per heavy atom. The number of hydrogen-bond acceptors (Lipinski definition) is 22. The van der Waals surface area contributed by atoms with Gasteiger partial charge in [0.15, 0.2) is 59.6 Å². The number of nitrogens with zero attached hydrogens (tertiary/aromatic N) is 8. The molecule has 2 saturated heterocycles. The van der Waals surface area contributed by atoms with Crippen LogP contribution in [0.25, 0.3) is 0 Å². The summed E-state index contributed by atoms with van der Waals surface area (Å²) >= 11 is 5.05. The normalized spacial score (nSPS) is 19.8.